The molecule has 0 aromatic carbocycles. The minimum atomic E-state index is -0.723. The van der Waals surface area contributed by atoms with Crippen molar-refractivity contribution in [2.45, 2.75) is 18.9 Å². The highest BCUT2D eigenvalue weighted by atomic mass is 16.5. The highest BCUT2D eigenvalue weighted by Gasteiger charge is 2.17. The van der Waals surface area contributed by atoms with E-state index in [0.717, 1.165) is 12.8 Å². The summed E-state index contributed by atoms with van der Waals surface area (Å²) in [5.41, 5.74) is 0.717. The van der Waals surface area contributed by atoms with Gasteiger partial charge in [-0.1, -0.05) is 0 Å². The van der Waals surface area contributed by atoms with Gasteiger partial charge in [-0.25, -0.2) is 4.98 Å². The Kier molecular flexibility index (Phi) is 3.41. The second kappa shape index (κ2) is 4.99. The Labute approximate surface area is 94.5 Å². The van der Waals surface area contributed by atoms with Crippen molar-refractivity contribution in [1.29, 1.82) is 0 Å². The molecule has 4 nitrogen and oxygen atoms in total. The summed E-state index contributed by atoms with van der Waals surface area (Å²) in [5, 5.41) is 10.0. The Balaban J connectivity index is 2.13. The lowest BCUT2D eigenvalue weighted by molar-refractivity contribution is 0.0915. The largest absolute Gasteiger partial charge is 0.495 e. The quantitative estimate of drug-likeness (QED) is 0.845. The summed E-state index contributed by atoms with van der Waals surface area (Å²) < 4.78 is 10.4. The standard InChI is InChI=1S/C12H15NO3/c1-15-11-6-5-9(8-13-11)12(14)10-4-2-3-7-16-10/h4-6,8,12,14H,2-3,7H2,1H3. The first kappa shape index (κ1) is 11.0. The number of aromatic nitrogens is 1. The van der Waals surface area contributed by atoms with Gasteiger partial charge in [0.15, 0.2) is 0 Å². The smallest absolute Gasteiger partial charge is 0.212 e. The number of rotatable bonds is 3. The van der Waals surface area contributed by atoms with Gasteiger partial charge in [0.05, 0.1) is 13.7 Å². The number of nitrogens with zero attached hydrogens (tertiary/aromatic N) is 1. The van der Waals surface area contributed by atoms with Crippen LogP contribution in [0.5, 0.6) is 5.88 Å². The van der Waals surface area contributed by atoms with Gasteiger partial charge in [0.2, 0.25) is 5.88 Å². The average molecular weight is 221 g/mol. The van der Waals surface area contributed by atoms with Crippen molar-refractivity contribution in [3.8, 4) is 5.88 Å². The van der Waals surface area contributed by atoms with Crippen LogP contribution in [-0.2, 0) is 4.74 Å². The van der Waals surface area contributed by atoms with Crippen molar-refractivity contribution in [3.05, 3.63) is 35.7 Å². The summed E-state index contributed by atoms with van der Waals surface area (Å²) in [6, 6.07) is 3.51. The van der Waals surface area contributed by atoms with E-state index in [1.165, 1.54) is 0 Å². The molecule has 0 bridgehead atoms. The molecule has 0 saturated heterocycles. The summed E-state index contributed by atoms with van der Waals surface area (Å²) >= 11 is 0. The summed E-state index contributed by atoms with van der Waals surface area (Å²) in [4.78, 5) is 4.05. The maximum Gasteiger partial charge on any atom is 0.212 e. The van der Waals surface area contributed by atoms with Crippen LogP contribution < -0.4 is 4.74 Å². The lowest BCUT2D eigenvalue weighted by Crippen LogP contribution is -2.10. The van der Waals surface area contributed by atoms with Crippen molar-refractivity contribution >= 4 is 0 Å². The Morgan fingerprint density at radius 1 is 1.50 bits per heavy atom. The third-order valence-corrected chi connectivity index (χ3v) is 2.52. The van der Waals surface area contributed by atoms with Crippen molar-refractivity contribution < 1.29 is 14.6 Å². The molecule has 1 unspecified atom stereocenters. The van der Waals surface area contributed by atoms with Gasteiger partial charge in [-0.2, -0.15) is 0 Å². The fourth-order valence-electron chi connectivity index (χ4n) is 1.61. The van der Waals surface area contributed by atoms with E-state index in [0.29, 0.717) is 23.8 Å². The van der Waals surface area contributed by atoms with E-state index in [1.54, 1.807) is 25.4 Å². The molecule has 2 rings (SSSR count). The monoisotopic (exact) mass is 221 g/mol. The Morgan fingerprint density at radius 3 is 2.94 bits per heavy atom. The van der Waals surface area contributed by atoms with Gasteiger partial charge in [-0.15, -0.1) is 0 Å². The van der Waals surface area contributed by atoms with Crippen molar-refractivity contribution in [2.24, 2.45) is 0 Å². The summed E-state index contributed by atoms with van der Waals surface area (Å²) in [6.07, 6.45) is 4.77. The van der Waals surface area contributed by atoms with Gasteiger partial charge in [0.25, 0.3) is 0 Å². The van der Waals surface area contributed by atoms with Gasteiger partial charge < -0.3 is 14.6 Å². The Hall–Kier alpha value is -1.55. The normalized spacial score (nSPS) is 17.2. The van der Waals surface area contributed by atoms with E-state index in [9.17, 15) is 5.11 Å². The van der Waals surface area contributed by atoms with Crippen molar-refractivity contribution in [2.75, 3.05) is 13.7 Å². The zero-order chi connectivity index (χ0) is 11.4. The summed E-state index contributed by atoms with van der Waals surface area (Å²) in [5.74, 6) is 1.16. The molecule has 1 atom stereocenters. The van der Waals surface area contributed by atoms with Crippen molar-refractivity contribution in [1.82, 2.24) is 4.98 Å². The van der Waals surface area contributed by atoms with E-state index in [1.807, 2.05) is 6.08 Å². The molecule has 86 valence electrons. The molecule has 0 spiro atoms. The summed E-state index contributed by atoms with van der Waals surface area (Å²) in [7, 11) is 1.56. The topological polar surface area (TPSA) is 51.6 Å². The molecule has 1 aromatic rings. The fourth-order valence-corrected chi connectivity index (χ4v) is 1.61. The zero-order valence-electron chi connectivity index (χ0n) is 9.22. The predicted octanol–water partition coefficient (Wildman–Crippen LogP) is 1.82. The van der Waals surface area contributed by atoms with Gasteiger partial charge in [0, 0.05) is 17.8 Å². The number of ether oxygens (including phenoxy) is 2. The molecule has 0 saturated carbocycles. The molecule has 0 amide bonds. The lowest BCUT2D eigenvalue weighted by atomic mass is 10.1. The molecule has 16 heavy (non-hydrogen) atoms. The molecule has 1 N–H and O–H groups in total. The molecule has 0 aliphatic carbocycles. The number of methoxy groups -OCH3 is 1. The van der Waals surface area contributed by atoms with Crippen LogP contribution in [0.1, 0.15) is 24.5 Å². The first-order valence-corrected chi connectivity index (χ1v) is 5.32. The maximum atomic E-state index is 10.0. The highest BCUT2D eigenvalue weighted by Crippen LogP contribution is 2.25. The van der Waals surface area contributed by atoms with Crippen LogP contribution in [0.4, 0.5) is 0 Å². The van der Waals surface area contributed by atoms with Crippen LogP contribution in [0.2, 0.25) is 0 Å². The van der Waals surface area contributed by atoms with Crippen LogP contribution in [-0.4, -0.2) is 23.8 Å². The van der Waals surface area contributed by atoms with Gasteiger partial charge in [-0.05, 0) is 25.0 Å². The number of hydrogen-bond acceptors (Lipinski definition) is 4. The number of allylic oxidation sites excluding steroid dienone is 1. The van der Waals surface area contributed by atoms with Gasteiger partial charge in [-0.3, -0.25) is 0 Å². The Morgan fingerprint density at radius 2 is 2.38 bits per heavy atom. The first-order valence-electron chi connectivity index (χ1n) is 5.32. The molecule has 1 aliphatic heterocycles. The molecule has 4 heteroatoms. The predicted molar refractivity (Wildman–Crippen MR) is 59.0 cm³/mol. The van der Waals surface area contributed by atoms with Crippen LogP contribution in [0.25, 0.3) is 0 Å². The first-order chi connectivity index (χ1) is 7.81. The molecule has 0 fully saturated rings. The number of pyridine rings is 1. The molecule has 1 aromatic heterocycles. The Bertz CT molecular complexity index is 372. The molecule has 2 heterocycles. The molecule has 0 radical (unpaired) electrons. The second-order valence-electron chi connectivity index (χ2n) is 3.63. The maximum absolute atomic E-state index is 10.0. The van der Waals surface area contributed by atoms with E-state index >= 15 is 0 Å². The van der Waals surface area contributed by atoms with Crippen molar-refractivity contribution in [3.63, 3.8) is 0 Å². The summed E-state index contributed by atoms with van der Waals surface area (Å²) in [6.45, 7) is 0.673. The van der Waals surface area contributed by atoms with Gasteiger partial charge >= 0.3 is 0 Å². The number of hydrogen-bond donors (Lipinski definition) is 1. The number of aliphatic hydroxyl groups is 1. The van der Waals surface area contributed by atoms with E-state index < -0.39 is 6.10 Å². The molecular formula is C12H15NO3. The van der Waals surface area contributed by atoms with E-state index in [4.69, 9.17) is 9.47 Å². The van der Waals surface area contributed by atoms with Crippen LogP contribution in [0.3, 0.4) is 0 Å². The third-order valence-electron chi connectivity index (χ3n) is 2.52. The average Bonchev–Trinajstić information content (AvgIpc) is 2.39. The van der Waals surface area contributed by atoms with E-state index in [-0.39, 0.29) is 0 Å². The molecular weight excluding hydrogens is 206 g/mol. The second-order valence-corrected chi connectivity index (χ2v) is 3.63. The number of aliphatic hydroxyl groups excluding tert-OH is 1. The molecule has 1 aliphatic rings. The van der Waals surface area contributed by atoms with Crippen LogP contribution >= 0.6 is 0 Å². The van der Waals surface area contributed by atoms with Crippen LogP contribution in [0, 0.1) is 0 Å². The highest BCUT2D eigenvalue weighted by molar-refractivity contribution is 5.24. The van der Waals surface area contributed by atoms with E-state index in [2.05, 4.69) is 4.98 Å². The minimum Gasteiger partial charge on any atom is -0.495 e. The third kappa shape index (κ3) is 2.33. The zero-order valence-corrected chi connectivity index (χ0v) is 9.22. The lowest BCUT2D eigenvalue weighted by Gasteiger charge is -2.19. The fraction of sp³-hybridized carbons (Fsp3) is 0.417. The van der Waals surface area contributed by atoms with Gasteiger partial charge in [0.1, 0.15) is 11.9 Å². The minimum absolute atomic E-state index is 0.537. The SMILES string of the molecule is COc1ccc(C(O)C2=CCCCO2)cn1. The van der Waals surface area contributed by atoms with Crippen LogP contribution in [0.15, 0.2) is 30.2 Å².